The van der Waals surface area contributed by atoms with Gasteiger partial charge in [0.25, 0.3) is 0 Å². The first kappa shape index (κ1) is 15.4. The molecule has 0 atom stereocenters. The molecule has 0 saturated carbocycles. The molecule has 1 aromatic rings. The van der Waals surface area contributed by atoms with Gasteiger partial charge in [-0.15, -0.1) is 24.8 Å². The lowest BCUT2D eigenvalue weighted by Crippen LogP contribution is -2.44. The highest BCUT2D eigenvalue weighted by atomic mass is 35.5. The van der Waals surface area contributed by atoms with Crippen molar-refractivity contribution in [2.24, 2.45) is 0 Å². The fourth-order valence-electron chi connectivity index (χ4n) is 1.72. The third-order valence-corrected chi connectivity index (χ3v) is 2.73. The molecule has 0 amide bonds. The first-order valence-corrected chi connectivity index (χ1v) is 5.03. The van der Waals surface area contributed by atoms with Crippen molar-refractivity contribution in [3.8, 4) is 0 Å². The van der Waals surface area contributed by atoms with Crippen LogP contribution in [0.5, 0.6) is 0 Å². The Morgan fingerprint density at radius 2 is 1.75 bits per heavy atom. The lowest BCUT2D eigenvalue weighted by Gasteiger charge is -2.29. The number of halogens is 2. The molecule has 1 aromatic heterocycles. The van der Waals surface area contributed by atoms with Crippen molar-refractivity contribution in [2.45, 2.75) is 13.8 Å². The van der Waals surface area contributed by atoms with E-state index in [1.165, 1.54) is 5.56 Å². The number of aromatic nitrogens is 2. The van der Waals surface area contributed by atoms with E-state index in [4.69, 9.17) is 0 Å². The lowest BCUT2D eigenvalue weighted by atomic mass is 10.2. The van der Waals surface area contributed by atoms with Crippen LogP contribution in [0.25, 0.3) is 0 Å². The average Bonchev–Trinajstić information content (AvgIpc) is 2.23. The molecule has 0 unspecified atom stereocenters. The first-order valence-electron chi connectivity index (χ1n) is 5.03. The summed E-state index contributed by atoms with van der Waals surface area (Å²) in [5.74, 6) is 1.10. The second-order valence-corrected chi connectivity index (χ2v) is 3.64. The zero-order valence-electron chi connectivity index (χ0n) is 9.56. The number of nitrogens with one attached hydrogen (secondary N) is 1. The molecule has 2 heterocycles. The molecule has 1 N–H and O–H groups in total. The van der Waals surface area contributed by atoms with Crippen LogP contribution in [0, 0.1) is 13.8 Å². The highest BCUT2D eigenvalue weighted by molar-refractivity contribution is 5.85. The Hall–Kier alpha value is -0.580. The average molecular weight is 265 g/mol. The number of anilines is 1. The van der Waals surface area contributed by atoms with Gasteiger partial charge in [0.15, 0.2) is 0 Å². The number of rotatable bonds is 1. The largest absolute Gasteiger partial charge is 0.354 e. The number of hydrogen-bond donors (Lipinski definition) is 1. The molecule has 0 radical (unpaired) electrons. The van der Waals surface area contributed by atoms with Gasteiger partial charge in [-0.2, -0.15) is 0 Å². The number of nitrogens with zero attached hydrogens (tertiary/aromatic N) is 3. The monoisotopic (exact) mass is 264 g/mol. The molecule has 6 heteroatoms. The molecule has 1 aliphatic rings. The Bertz CT molecular complexity index is 327. The normalized spacial score (nSPS) is 15.0. The van der Waals surface area contributed by atoms with Gasteiger partial charge in [0, 0.05) is 37.4 Å². The molecule has 1 aliphatic heterocycles. The predicted octanol–water partition coefficient (Wildman–Crippen LogP) is 1.35. The summed E-state index contributed by atoms with van der Waals surface area (Å²) in [6.45, 7) is 8.29. The van der Waals surface area contributed by atoms with Crippen LogP contribution in [-0.2, 0) is 0 Å². The number of hydrogen-bond acceptors (Lipinski definition) is 4. The quantitative estimate of drug-likeness (QED) is 0.832. The Labute approximate surface area is 109 Å². The maximum Gasteiger partial charge on any atom is 0.135 e. The molecule has 0 aliphatic carbocycles. The van der Waals surface area contributed by atoms with Gasteiger partial charge in [0.2, 0.25) is 0 Å². The summed E-state index contributed by atoms with van der Waals surface area (Å²) in [6.07, 6.45) is 1.65. The Kier molecular flexibility index (Phi) is 6.64. The summed E-state index contributed by atoms with van der Waals surface area (Å²) in [7, 11) is 0. The van der Waals surface area contributed by atoms with Crippen LogP contribution < -0.4 is 10.2 Å². The van der Waals surface area contributed by atoms with Crippen molar-refractivity contribution < 1.29 is 0 Å². The van der Waals surface area contributed by atoms with Crippen molar-refractivity contribution in [3.63, 3.8) is 0 Å². The van der Waals surface area contributed by atoms with Crippen molar-refractivity contribution in [2.75, 3.05) is 31.1 Å². The molecule has 1 fully saturated rings. The van der Waals surface area contributed by atoms with Gasteiger partial charge in [-0.05, 0) is 13.8 Å². The molecule has 92 valence electrons. The molecule has 0 spiro atoms. The van der Waals surface area contributed by atoms with Gasteiger partial charge in [-0.25, -0.2) is 9.97 Å². The van der Waals surface area contributed by atoms with Gasteiger partial charge < -0.3 is 10.2 Å². The first-order chi connectivity index (χ1) is 6.79. The van der Waals surface area contributed by atoms with Crippen LogP contribution in [0.1, 0.15) is 11.3 Å². The predicted molar refractivity (Wildman–Crippen MR) is 71.1 cm³/mol. The van der Waals surface area contributed by atoms with E-state index < -0.39 is 0 Å². The van der Waals surface area contributed by atoms with E-state index in [1.807, 2.05) is 6.92 Å². The van der Waals surface area contributed by atoms with Crippen LogP contribution in [0.4, 0.5) is 5.82 Å². The Morgan fingerprint density at radius 1 is 1.12 bits per heavy atom. The minimum Gasteiger partial charge on any atom is -0.354 e. The van der Waals surface area contributed by atoms with E-state index in [0.717, 1.165) is 37.7 Å². The van der Waals surface area contributed by atoms with Crippen LogP contribution in [0.15, 0.2) is 6.33 Å². The minimum atomic E-state index is 0. The maximum atomic E-state index is 4.35. The molecule has 16 heavy (non-hydrogen) atoms. The summed E-state index contributed by atoms with van der Waals surface area (Å²) in [6, 6.07) is 0. The highest BCUT2D eigenvalue weighted by Crippen LogP contribution is 2.17. The van der Waals surface area contributed by atoms with E-state index in [9.17, 15) is 0 Å². The van der Waals surface area contributed by atoms with Gasteiger partial charge >= 0.3 is 0 Å². The lowest BCUT2D eigenvalue weighted by molar-refractivity contribution is 0.583. The molecule has 0 aromatic carbocycles. The Balaban J connectivity index is 0.00000112. The van der Waals surface area contributed by atoms with E-state index in [-0.39, 0.29) is 24.8 Å². The van der Waals surface area contributed by atoms with Crippen molar-refractivity contribution in [1.82, 2.24) is 15.3 Å². The summed E-state index contributed by atoms with van der Waals surface area (Å²) in [5, 5.41) is 3.33. The van der Waals surface area contributed by atoms with Crippen LogP contribution in [0.2, 0.25) is 0 Å². The van der Waals surface area contributed by atoms with Crippen molar-refractivity contribution in [3.05, 3.63) is 17.6 Å². The minimum absolute atomic E-state index is 0. The summed E-state index contributed by atoms with van der Waals surface area (Å²) < 4.78 is 0. The zero-order valence-corrected chi connectivity index (χ0v) is 11.2. The SMILES string of the molecule is Cc1ncnc(N2CCNCC2)c1C.Cl.Cl. The number of aryl methyl sites for hydroxylation is 1. The topological polar surface area (TPSA) is 41.1 Å². The second-order valence-electron chi connectivity index (χ2n) is 3.64. The highest BCUT2D eigenvalue weighted by Gasteiger charge is 2.14. The summed E-state index contributed by atoms with van der Waals surface area (Å²) in [5.41, 5.74) is 2.28. The van der Waals surface area contributed by atoms with E-state index in [2.05, 4.69) is 27.1 Å². The van der Waals surface area contributed by atoms with Crippen LogP contribution in [0.3, 0.4) is 0 Å². The third kappa shape index (κ3) is 3.20. The van der Waals surface area contributed by atoms with Gasteiger partial charge in [0.05, 0.1) is 0 Å². The van der Waals surface area contributed by atoms with Crippen molar-refractivity contribution in [1.29, 1.82) is 0 Å². The third-order valence-electron chi connectivity index (χ3n) is 2.73. The van der Waals surface area contributed by atoms with E-state index >= 15 is 0 Å². The fraction of sp³-hybridized carbons (Fsp3) is 0.600. The smallest absolute Gasteiger partial charge is 0.135 e. The summed E-state index contributed by atoms with van der Waals surface area (Å²) in [4.78, 5) is 10.9. The van der Waals surface area contributed by atoms with E-state index in [1.54, 1.807) is 6.33 Å². The summed E-state index contributed by atoms with van der Waals surface area (Å²) >= 11 is 0. The van der Waals surface area contributed by atoms with Gasteiger partial charge in [-0.3, -0.25) is 0 Å². The fourth-order valence-corrected chi connectivity index (χ4v) is 1.72. The Morgan fingerprint density at radius 3 is 2.38 bits per heavy atom. The van der Waals surface area contributed by atoms with Crippen LogP contribution >= 0.6 is 24.8 Å². The number of piperazine rings is 1. The molecular weight excluding hydrogens is 247 g/mol. The van der Waals surface area contributed by atoms with Crippen molar-refractivity contribution >= 4 is 30.6 Å². The zero-order chi connectivity index (χ0) is 9.97. The van der Waals surface area contributed by atoms with E-state index in [0.29, 0.717) is 0 Å². The van der Waals surface area contributed by atoms with Gasteiger partial charge in [0.1, 0.15) is 12.1 Å². The molecule has 2 rings (SSSR count). The van der Waals surface area contributed by atoms with Gasteiger partial charge in [-0.1, -0.05) is 0 Å². The molecule has 4 nitrogen and oxygen atoms in total. The van der Waals surface area contributed by atoms with Crippen LogP contribution in [-0.4, -0.2) is 36.1 Å². The molecule has 0 bridgehead atoms. The standard InChI is InChI=1S/C10H16N4.2ClH/c1-8-9(2)12-7-13-10(8)14-5-3-11-4-6-14;;/h7,11H,3-6H2,1-2H3;2*1H. The molecule has 1 saturated heterocycles. The maximum absolute atomic E-state index is 4.35. The molecular formula is C10H18Cl2N4. The second kappa shape index (κ2) is 6.89.